The summed E-state index contributed by atoms with van der Waals surface area (Å²) < 4.78 is 2.40. The Labute approximate surface area is 314 Å². The van der Waals surface area contributed by atoms with Gasteiger partial charge in [0.25, 0.3) is 0 Å². The van der Waals surface area contributed by atoms with Crippen molar-refractivity contribution in [2.45, 2.75) is 23.1 Å². The van der Waals surface area contributed by atoms with Crippen LogP contribution in [0.5, 0.6) is 0 Å². The lowest BCUT2D eigenvalue weighted by Crippen LogP contribution is -2.11. The molecule has 1 heterocycles. The van der Waals surface area contributed by atoms with Gasteiger partial charge in [-0.1, -0.05) is 127 Å². The van der Waals surface area contributed by atoms with Crippen molar-refractivity contribution in [3.8, 4) is 27.9 Å². The number of anilines is 3. The van der Waals surface area contributed by atoms with E-state index in [9.17, 15) is 0 Å². The van der Waals surface area contributed by atoms with Gasteiger partial charge >= 0.3 is 0 Å². The third-order valence-electron chi connectivity index (χ3n) is 10.6. The van der Waals surface area contributed by atoms with E-state index in [0.717, 1.165) is 23.5 Å². The first kappa shape index (κ1) is 31.4. The lowest BCUT2D eigenvalue weighted by molar-refractivity contribution is 1.18. The zero-order valence-electron chi connectivity index (χ0n) is 29.4. The van der Waals surface area contributed by atoms with Crippen LogP contribution in [0.3, 0.4) is 0 Å². The zero-order valence-corrected chi connectivity index (χ0v) is 30.2. The average Bonchev–Trinajstić information content (AvgIpc) is 3.76. The van der Waals surface area contributed by atoms with Crippen LogP contribution in [0.1, 0.15) is 16.7 Å². The first-order valence-electron chi connectivity index (χ1n) is 18.2. The van der Waals surface area contributed by atoms with E-state index in [0.29, 0.717) is 0 Å². The van der Waals surface area contributed by atoms with Gasteiger partial charge in [-0.2, -0.15) is 0 Å². The zero-order chi connectivity index (χ0) is 35.3. The molecule has 1 aliphatic carbocycles. The van der Waals surface area contributed by atoms with Crippen molar-refractivity contribution < 1.29 is 0 Å². The first-order chi connectivity index (χ1) is 26.2. The Morgan fingerprint density at radius 3 is 2.04 bits per heavy atom. The van der Waals surface area contributed by atoms with Crippen molar-refractivity contribution in [1.29, 1.82) is 0 Å². The second-order valence-corrected chi connectivity index (χ2v) is 14.9. The van der Waals surface area contributed by atoms with Crippen LogP contribution in [0.4, 0.5) is 17.1 Å². The Bertz CT molecular complexity index is 2780. The normalized spacial score (nSPS) is 11.9. The second-order valence-electron chi connectivity index (χ2n) is 13.8. The van der Waals surface area contributed by atoms with E-state index in [-0.39, 0.29) is 0 Å². The molecule has 0 unspecified atom stereocenters. The molecule has 0 radical (unpaired) electrons. The molecule has 0 bridgehead atoms. The molecule has 0 aliphatic heterocycles. The summed E-state index contributed by atoms with van der Waals surface area (Å²) in [4.78, 5) is 4.97. The summed E-state index contributed by atoms with van der Waals surface area (Å²) >= 11 is 1.82. The predicted molar refractivity (Wildman–Crippen MR) is 224 cm³/mol. The number of aryl methyl sites for hydroxylation is 1. The number of benzene rings is 8. The van der Waals surface area contributed by atoms with Crippen molar-refractivity contribution in [2.24, 2.45) is 0 Å². The SMILES string of the molecule is Cc1ccccc1Sc1ccc(N(c2ccc3c(c2)c2ccccc2n3-c2ccc(-c3ccccc3)cc2)c2cccc3c2-c2ccccc2C3)cc1. The van der Waals surface area contributed by atoms with E-state index in [1.807, 2.05) is 11.8 Å². The molecule has 10 rings (SSSR count). The summed E-state index contributed by atoms with van der Waals surface area (Å²) in [6, 6.07) is 68.7. The minimum absolute atomic E-state index is 0.953. The minimum Gasteiger partial charge on any atom is -0.310 e. The Hall–Kier alpha value is -6.29. The maximum Gasteiger partial charge on any atom is 0.0543 e. The number of fused-ring (bicyclic) bond motifs is 6. The van der Waals surface area contributed by atoms with Gasteiger partial charge in [0.15, 0.2) is 0 Å². The van der Waals surface area contributed by atoms with Gasteiger partial charge in [-0.05, 0) is 120 Å². The van der Waals surface area contributed by atoms with Crippen molar-refractivity contribution in [3.63, 3.8) is 0 Å². The van der Waals surface area contributed by atoms with Gasteiger partial charge in [-0.25, -0.2) is 0 Å². The third kappa shape index (κ3) is 5.53. The molecule has 2 nitrogen and oxygen atoms in total. The largest absolute Gasteiger partial charge is 0.310 e. The lowest BCUT2D eigenvalue weighted by atomic mass is 10.0. The van der Waals surface area contributed by atoms with E-state index in [4.69, 9.17) is 0 Å². The smallest absolute Gasteiger partial charge is 0.0543 e. The molecule has 0 N–H and O–H groups in total. The molecule has 252 valence electrons. The van der Waals surface area contributed by atoms with Gasteiger partial charge < -0.3 is 9.47 Å². The number of rotatable bonds is 7. The minimum atomic E-state index is 0.953. The van der Waals surface area contributed by atoms with Crippen LogP contribution < -0.4 is 4.90 Å². The van der Waals surface area contributed by atoms with Crippen molar-refractivity contribution >= 4 is 50.6 Å². The number of para-hydroxylation sites is 1. The van der Waals surface area contributed by atoms with E-state index in [1.165, 1.54) is 76.2 Å². The Balaban J connectivity index is 1.13. The summed E-state index contributed by atoms with van der Waals surface area (Å²) in [5.74, 6) is 0. The number of nitrogens with zero attached hydrogens (tertiary/aromatic N) is 2. The van der Waals surface area contributed by atoms with E-state index in [2.05, 4.69) is 204 Å². The molecule has 53 heavy (non-hydrogen) atoms. The summed E-state index contributed by atoms with van der Waals surface area (Å²) in [7, 11) is 0. The first-order valence-corrected chi connectivity index (χ1v) is 19.0. The van der Waals surface area contributed by atoms with Crippen LogP contribution in [-0.4, -0.2) is 4.57 Å². The highest BCUT2D eigenvalue weighted by molar-refractivity contribution is 7.99. The Morgan fingerprint density at radius 1 is 0.509 bits per heavy atom. The fourth-order valence-corrected chi connectivity index (χ4v) is 8.96. The molecule has 9 aromatic rings. The van der Waals surface area contributed by atoms with Crippen molar-refractivity contribution in [2.75, 3.05) is 4.90 Å². The summed E-state index contributed by atoms with van der Waals surface area (Å²) in [5.41, 5.74) is 16.2. The number of aromatic nitrogens is 1. The highest BCUT2D eigenvalue weighted by atomic mass is 32.2. The molecule has 0 saturated carbocycles. The summed E-state index contributed by atoms with van der Waals surface area (Å²) in [6.07, 6.45) is 0.953. The number of hydrogen-bond acceptors (Lipinski definition) is 2. The molecule has 8 aromatic carbocycles. The fraction of sp³-hybridized carbons (Fsp3) is 0.0400. The van der Waals surface area contributed by atoms with Crippen molar-refractivity contribution in [1.82, 2.24) is 4.57 Å². The molecule has 3 heteroatoms. The van der Waals surface area contributed by atoms with Crippen LogP contribution in [0.2, 0.25) is 0 Å². The Kier molecular flexibility index (Phi) is 7.74. The second kappa shape index (κ2) is 13.0. The van der Waals surface area contributed by atoms with E-state index in [1.54, 1.807) is 0 Å². The predicted octanol–water partition coefficient (Wildman–Crippen LogP) is 14.0. The average molecular weight is 697 g/mol. The van der Waals surface area contributed by atoms with E-state index >= 15 is 0 Å². The molecule has 0 spiro atoms. The van der Waals surface area contributed by atoms with Gasteiger partial charge in [0, 0.05) is 43.2 Å². The highest BCUT2D eigenvalue weighted by Crippen LogP contribution is 2.48. The van der Waals surface area contributed by atoms with Gasteiger partial charge in [0.05, 0.1) is 16.7 Å². The van der Waals surface area contributed by atoms with Gasteiger partial charge in [-0.3, -0.25) is 0 Å². The van der Waals surface area contributed by atoms with Gasteiger partial charge in [0.1, 0.15) is 0 Å². The molecule has 0 saturated heterocycles. The van der Waals surface area contributed by atoms with Crippen LogP contribution in [0, 0.1) is 6.92 Å². The molecule has 0 atom stereocenters. The molecule has 1 aromatic heterocycles. The quantitative estimate of drug-likeness (QED) is 0.164. The third-order valence-corrected chi connectivity index (χ3v) is 11.8. The molecular formula is C50H36N2S. The van der Waals surface area contributed by atoms with Crippen LogP contribution in [0.15, 0.2) is 198 Å². The molecular weight excluding hydrogens is 661 g/mol. The highest BCUT2D eigenvalue weighted by Gasteiger charge is 2.26. The maximum absolute atomic E-state index is 2.46. The van der Waals surface area contributed by atoms with Crippen molar-refractivity contribution in [3.05, 3.63) is 205 Å². The van der Waals surface area contributed by atoms with E-state index < -0.39 is 0 Å². The Morgan fingerprint density at radius 2 is 1.19 bits per heavy atom. The standard InChI is InChI=1S/C50H36N2S/c1-34-12-5-10-21-49(34)53-42-29-26-39(27-30-42)51(48-20-11-16-38-32-37-15-6-7-17-43(37)50(38)48)41-28-31-47-45(33-41)44-18-8-9-19-46(44)52(47)40-24-22-36(23-25-40)35-13-3-2-4-14-35/h2-31,33H,32H2,1H3. The van der Waals surface area contributed by atoms with Gasteiger partial charge in [-0.15, -0.1) is 0 Å². The fourth-order valence-electron chi connectivity index (χ4n) is 8.05. The molecule has 1 aliphatic rings. The van der Waals surface area contributed by atoms with Crippen LogP contribution >= 0.6 is 11.8 Å². The van der Waals surface area contributed by atoms with Gasteiger partial charge in [0.2, 0.25) is 0 Å². The monoisotopic (exact) mass is 696 g/mol. The summed E-state index contributed by atoms with van der Waals surface area (Å²) in [6.45, 7) is 2.18. The lowest BCUT2D eigenvalue weighted by Gasteiger charge is -2.28. The number of hydrogen-bond donors (Lipinski definition) is 0. The molecule has 0 amide bonds. The van der Waals surface area contributed by atoms with Crippen LogP contribution in [-0.2, 0) is 6.42 Å². The topological polar surface area (TPSA) is 8.17 Å². The molecule has 0 fully saturated rings. The maximum atomic E-state index is 2.46. The summed E-state index contributed by atoms with van der Waals surface area (Å²) in [5, 5.41) is 2.47. The van der Waals surface area contributed by atoms with Crippen LogP contribution in [0.25, 0.3) is 49.7 Å².